The van der Waals surface area contributed by atoms with Crippen molar-refractivity contribution in [3.63, 3.8) is 0 Å². The van der Waals surface area contributed by atoms with Crippen LogP contribution < -0.4 is 0 Å². The number of nitrogens with zero attached hydrogens (tertiary/aromatic N) is 1. The van der Waals surface area contributed by atoms with E-state index < -0.39 is 11.9 Å². The molecule has 0 aromatic carbocycles. The number of rotatable bonds is 4. The van der Waals surface area contributed by atoms with Gasteiger partial charge in [-0.05, 0) is 37.1 Å². The third-order valence-electron chi connectivity index (χ3n) is 3.53. The molecular formula is C17H15NO5S. The summed E-state index contributed by atoms with van der Waals surface area (Å²) in [6, 6.07) is 3.51. The first kappa shape index (κ1) is 16.2. The van der Waals surface area contributed by atoms with Gasteiger partial charge in [-0.1, -0.05) is 6.92 Å². The van der Waals surface area contributed by atoms with Gasteiger partial charge >= 0.3 is 11.9 Å². The van der Waals surface area contributed by atoms with Crippen LogP contribution in [0.5, 0.6) is 0 Å². The molecule has 0 saturated heterocycles. The van der Waals surface area contributed by atoms with Crippen molar-refractivity contribution in [1.82, 2.24) is 0 Å². The van der Waals surface area contributed by atoms with Gasteiger partial charge in [0.15, 0.2) is 5.70 Å². The first-order chi connectivity index (χ1) is 11.5. The molecule has 24 heavy (non-hydrogen) atoms. The average Bonchev–Trinajstić information content (AvgIpc) is 3.26. The number of carbonyl (C=O) groups excluding carboxylic acids is 2. The van der Waals surface area contributed by atoms with Gasteiger partial charge in [-0.15, -0.1) is 11.3 Å². The molecule has 0 N–H and O–H groups in total. The van der Waals surface area contributed by atoms with E-state index in [4.69, 9.17) is 9.15 Å². The number of hydrogen-bond donors (Lipinski definition) is 0. The number of thiophene rings is 1. The van der Waals surface area contributed by atoms with Crippen molar-refractivity contribution in [2.75, 3.05) is 7.11 Å². The fourth-order valence-electron chi connectivity index (χ4n) is 2.33. The number of aryl methyl sites for hydroxylation is 2. The molecule has 0 bridgehead atoms. The van der Waals surface area contributed by atoms with Gasteiger partial charge in [0.05, 0.1) is 18.3 Å². The van der Waals surface area contributed by atoms with Crippen molar-refractivity contribution >= 4 is 35.2 Å². The zero-order valence-electron chi connectivity index (χ0n) is 13.4. The summed E-state index contributed by atoms with van der Waals surface area (Å²) < 4.78 is 15.0. The number of methoxy groups -OCH3 is 1. The van der Waals surface area contributed by atoms with Crippen LogP contribution in [-0.4, -0.2) is 24.9 Å². The summed E-state index contributed by atoms with van der Waals surface area (Å²) in [5.74, 6) is -0.890. The molecule has 1 aliphatic heterocycles. The minimum atomic E-state index is -0.621. The topological polar surface area (TPSA) is 78.1 Å². The van der Waals surface area contributed by atoms with Gasteiger partial charge in [-0.25, -0.2) is 14.6 Å². The number of carbonyl (C=O) groups is 2. The monoisotopic (exact) mass is 345 g/mol. The van der Waals surface area contributed by atoms with E-state index in [2.05, 4.69) is 16.7 Å². The SMILES string of the molecule is CCc1sc(C2=NC(=Cc3ccoc3C(=O)OC)C(=O)O2)cc1C. The molecule has 2 aromatic heterocycles. The smallest absolute Gasteiger partial charge is 0.374 e. The lowest BCUT2D eigenvalue weighted by atomic mass is 10.2. The second-order valence-corrected chi connectivity index (χ2v) is 6.24. The molecule has 0 fully saturated rings. The fraction of sp³-hybridized carbons (Fsp3) is 0.235. The van der Waals surface area contributed by atoms with Crippen LogP contribution in [0.4, 0.5) is 0 Å². The Balaban J connectivity index is 1.94. The van der Waals surface area contributed by atoms with Crippen LogP contribution in [0.1, 0.15) is 38.4 Å². The van der Waals surface area contributed by atoms with Crippen molar-refractivity contribution < 1.29 is 23.5 Å². The standard InChI is InChI=1S/C17H15NO5S/c1-4-12-9(2)7-13(24-12)15-18-11(16(19)23-15)8-10-5-6-22-14(10)17(20)21-3/h5-8H,4H2,1-3H3. The Morgan fingerprint density at radius 2 is 2.25 bits per heavy atom. The molecule has 0 aliphatic carbocycles. The van der Waals surface area contributed by atoms with Gasteiger partial charge in [-0.3, -0.25) is 0 Å². The highest BCUT2D eigenvalue weighted by Crippen LogP contribution is 2.27. The fourth-order valence-corrected chi connectivity index (χ4v) is 3.37. The highest BCUT2D eigenvalue weighted by molar-refractivity contribution is 7.14. The van der Waals surface area contributed by atoms with Crippen LogP contribution in [0.2, 0.25) is 0 Å². The summed E-state index contributed by atoms with van der Waals surface area (Å²) in [5.41, 5.74) is 1.67. The number of cyclic esters (lactones) is 1. The molecule has 0 atom stereocenters. The number of esters is 2. The molecule has 3 rings (SSSR count). The van der Waals surface area contributed by atoms with E-state index in [0.717, 1.165) is 16.9 Å². The summed E-state index contributed by atoms with van der Waals surface area (Å²) in [4.78, 5) is 29.9. The van der Waals surface area contributed by atoms with Gasteiger partial charge in [-0.2, -0.15) is 0 Å². The largest absolute Gasteiger partial charge is 0.463 e. The third-order valence-corrected chi connectivity index (χ3v) is 4.90. The molecule has 0 unspecified atom stereocenters. The quantitative estimate of drug-likeness (QED) is 0.627. The van der Waals surface area contributed by atoms with Crippen LogP contribution in [0.15, 0.2) is 33.5 Å². The van der Waals surface area contributed by atoms with Crippen molar-refractivity contribution in [3.05, 3.63) is 50.7 Å². The van der Waals surface area contributed by atoms with Crippen LogP contribution in [0, 0.1) is 6.92 Å². The Kier molecular flexibility index (Phi) is 4.35. The molecule has 0 spiro atoms. The molecular weight excluding hydrogens is 330 g/mol. The Hall–Kier alpha value is -2.67. The molecule has 0 saturated carbocycles. The molecule has 6 nitrogen and oxygen atoms in total. The maximum atomic E-state index is 12.0. The minimum Gasteiger partial charge on any atom is -0.463 e. The second kappa shape index (κ2) is 6.45. The van der Waals surface area contributed by atoms with Crippen molar-refractivity contribution in [3.8, 4) is 0 Å². The lowest BCUT2D eigenvalue weighted by Crippen LogP contribution is -2.04. The third kappa shape index (κ3) is 2.90. The normalized spacial score (nSPS) is 15.5. The molecule has 0 amide bonds. The molecule has 2 aromatic rings. The lowest BCUT2D eigenvalue weighted by molar-refractivity contribution is -0.129. The Morgan fingerprint density at radius 3 is 2.92 bits per heavy atom. The highest BCUT2D eigenvalue weighted by Gasteiger charge is 2.27. The second-order valence-electron chi connectivity index (χ2n) is 5.10. The van der Waals surface area contributed by atoms with Gasteiger partial charge in [0.25, 0.3) is 0 Å². The lowest BCUT2D eigenvalue weighted by Gasteiger charge is -1.96. The van der Waals surface area contributed by atoms with Gasteiger partial charge < -0.3 is 13.9 Å². The van der Waals surface area contributed by atoms with Crippen molar-refractivity contribution in [1.29, 1.82) is 0 Å². The zero-order chi connectivity index (χ0) is 17.3. The first-order valence-corrected chi connectivity index (χ1v) is 8.13. The highest BCUT2D eigenvalue weighted by atomic mass is 32.1. The summed E-state index contributed by atoms with van der Waals surface area (Å²) >= 11 is 1.55. The number of furan rings is 1. The number of ether oxygens (including phenoxy) is 2. The molecule has 1 aliphatic rings. The van der Waals surface area contributed by atoms with E-state index in [0.29, 0.717) is 5.56 Å². The summed E-state index contributed by atoms with van der Waals surface area (Å²) in [6.45, 7) is 4.09. The van der Waals surface area contributed by atoms with Gasteiger partial charge in [0.2, 0.25) is 11.7 Å². The summed E-state index contributed by atoms with van der Waals surface area (Å²) in [6.07, 6.45) is 3.71. The predicted octanol–water partition coefficient (Wildman–Crippen LogP) is 3.34. The summed E-state index contributed by atoms with van der Waals surface area (Å²) in [7, 11) is 1.26. The predicted molar refractivity (Wildman–Crippen MR) is 89.1 cm³/mol. The van der Waals surface area contributed by atoms with Gasteiger partial charge in [0.1, 0.15) is 0 Å². The average molecular weight is 345 g/mol. The van der Waals surface area contributed by atoms with Crippen molar-refractivity contribution in [2.24, 2.45) is 4.99 Å². The number of aliphatic imine (C=N–C) groups is 1. The van der Waals surface area contributed by atoms with Gasteiger partial charge in [0, 0.05) is 10.4 Å². The number of hydrogen-bond acceptors (Lipinski definition) is 7. The maximum absolute atomic E-state index is 12.0. The molecule has 124 valence electrons. The summed E-state index contributed by atoms with van der Waals surface area (Å²) in [5, 5.41) is 0. The maximum Gasteiger partial charge on any atom is 0.374 e. The molecule has 3 heterocycles. The van der Waals surface area contributed by atoms with E-state index in [1.807, 2.05) is 13.0 Å². The van der Waals surface area contributed by atoms with Crippen LogP contribution in [0.25, 0.3) is 6.08 Å². The Morgan fingerprint density at radius 1 is 1.46 bits per heavy atom. The first-order valence-electron chi connectivity index (χ1n) is 7.31. The Labute approximate surface area is 142 Å². The van der Waals surface area contributed by atoms with E-state index >= 15 is 0 Å². The zero-order valence-corrected chi connectivity index (χ0v) is 14.2. The van der Waals surface area contributed by atoms with E-state index in [9.17, 15) is 9.59 Å². The van der Waals surface area contributed by atoms with E-state index in [1.165, 1.54) is 24.3 Å². The Bertz CT molecular complexity index is 871. The van der Waals surface area contributed by atoms with Crippen LogP contribution in [0.3, 0.4) is 0 Å². The van der Waals surface area contributed by atoms with Crippen molar-refractivity contribution in [2.45, 2.75) is 20.3 Å². The molecule has 0 radical (unpaired) electrons. The van der Waals surface area contributed by atoms with E-state index in [-0.39, 0.29) is 17.4 Å². The minimum absolute atomic E-state index is 0.0155. The van der Waals surface area contributed by atoms with Crippen LogP contribution >= 0.6 is 11.3 Å². The van der Waals surface area contributed by atoms with Crippen LogP contribution in [-0.2, 0) is 20.7 Å². The van der Waals surface area contributed by atoms with E-state index in [1.54, 1.807) is 17.4 Å². The molecule has 7 heteroatoms.